The van der Waals surface area contributed by atoms with Gasteiger partial charge in [-0.15, -0.1) is 11.3 Å². The van der Waals surface area contributed by atoms with Gasteiger partial charge in [0.15, 0.2) is 4.83 Å². The summed E-state index contributed by atoms with van der Waals surface area (Å²) in [7, 11) is 0. The second-order valence-corrected chi connectivity index (χ2v) is 3.66. The van der Waals surface area contributed by atoms with E-state index >= 15 is 0 Å². The maximum absolute atomic E-state index is 11.1. The molecule has 0 aromatic carbocycles. The standard InChI is InChI=1S/C7H8BrNO2S/c1-2-11-7(10)6(8)5-3-12-4-9-5/h3-4,6H,2H2,1H3. The number of hydrogen-bond donors (Lipinski definition) is 0. The summed E-state index contributed by atoms with van der Waals surface area (Å²) < 4.78 is 4.81. The Labute approximate surface area is 82.9 Å². The van der Waals surface area contributed by atoms with Crippen LogP contribution in [0.5, 0.6) is 0 Å². The molecule has 1 unspecified atom stereocenters. The quantitative estimate of drug-likeness (QED) is 0.609. The summed E-state index contributed by atoms with van der Waals surface area (Å²) in [6, 6.07) is 0. The van der Waals surface area contributed by atoms with Crippen LogP contribution in [0.2, 0.25) is 0 Å². The van der Waals surface area contributed by atoms with Gasteiger partial charge < -0.3 is 4.74 Å². The number of alkyl halides is 1. The Morgan fingerprint density at radius 1 is 1.92 bits per heavy atom. The highest BCUT2D eigenvalue weighted by Gasteiger charge is 2.19. The number of carbonyl (C=O) groups excluding carboxylic acids is 1. The van der Waals surface area contributed by atoms with Crippen LogP contribution < -0.4 is 0 Å². The van der Waals surface area contributed by atoms with Crippen molar-refractivity contribution in [2.45, 2.75) is 11.8 Å². The lowest BCUT2D eigenvalue weighted by Gasteiger charge is -2.04. The Morgan fingerprint density at radius 2 is 2.67 bits per heavy atom. The summed E-state index contributed by atoms with van der Waals surface area (Å²) in [5.41, 5.74) is 2.39. The molecule has 1 aromatic heterocycles. The van der Waals surface area contributed by atoms with E-state index in [1.165, 1.54) is 11.3 Å². The van der Waals surface area contributed by atoms with Crippen LogP contribution >= 0.6 is 27.3 Å². The summed E-state index contributed by atoms with van der Waals surface area (Å²) in [6.45, 7) is 2.17. The van der Waals surface area contributed by atoms with Gasteiger partial charge in [0.1, 0.15) is 0 Å². The Hall–Kier alpha value is -0.420. The largest absolute Gasteiger partial charge is 0.465 e. The topological polar surface area (TPSA) is 39.2 Å². The monoisotopic (exact) mass is 249 g/mol. The van der Waals surface area contributed by atoms with Crippen LogP contribution in [0.15, 0.2) is 10.9 Å². The minimum atomic E-state index is -0.427. The normalized spacial score (nSPS) is 12.5. The molecule has 0 N–H and O–H groups in total. The van der Waals surface area contributed by atoms with Gasteiger partial charge in [0.25, 0.3) is 0 Å². The molecule has 0 fully saturated rings. The van der Waals surface area contributed by atoms with Crippen LogP contribution in [-0.4, -0.2) is 17.6 Å². The molecule has 0 aliphatic rings. The number of ether oxygens (including phenoxy) is 1. The molecule has 12 heavy (non-hydrogen) atoms. The van der Waals surface area contributed by atoms with Crippen molar-refractivity contribution >= 4 is 33.2 Å². The van der Waals surface area contributed by atoms with E-state index < -0.39 is 4.83 Å². The maximum Gasteiger partial charge on any atom is 0.325 e. The molecule has 0 amide bonds. The third-order valence-electron chi connectivity index (χ3n) is 1.20. The predicted molar refractivity (Wildman–Crippen MR) is 50.4 cm³/mol. The number of hydrogen-bond acceptors (Lipinski definition) is 4. The smallest absolute Gasteiger partial charge is 0.325 e. The number of aromatic nitrogens is 1. The molecule has 0 radical (unpaired) electrons. The average Bonchev–Trinajstić information content (AvgIpc) is 2.55. The fraction of sp³-hybridized carbons (Fsp3) is 0.429. The molecule has 1 rings (SSSR count). The second kappa shape index (κ2) is 4.57. The first-order valence-electron chi connectivity index (χ1n) is 3.44. The first-order chi connectivity index (χ1) is 5.75. The summed E-state index contributed by atoms with van der Waals surface area (Å²) >= 11 is 4.66. The zero-order valence-corrected chi connectivity index (χ0v) is 8.89. The highest BCUT2D eigenvalue weighted by atomic mass is 79.9. The van der Waals surface area contributed by atoms with Gasteiger partial charge >= 0.3 is 5.97 Å². The first kappa shape index (κ1) is 9.67. The van der Waals surface area contributed by atoms with E-state index in [0.717, 1.165) is 0 Å². The molecule has 1 heterocycles. The molecule has 0 aliphatic carbocycles. The molecule has 0 saturated carbocycles. The molecular formula is C7H8BrNO2S. The Bertz CT molecular complexity index is 250. The number of nitrogens with zero attached hydrogens (tertiary/aromatic N) is 1. The number of rotatable bonds is 3. The number of thiazole rings is 1. The number of halogens is 1. The minimum Gasteiger partial charge on any atom is -0.465 e. The molecule has 0 bridgehead atoms. The van der Waals surface area contributed by atoms with E-state index in [0.29, 0.717) is 12.3 Å². The van der Waals surface area contributed by atoms with Gasteiger partial charge in [0.2, 0.25) is 0 Å². The zero-order chi connectivity index (χ0) is 8.97. The third-order valence-corrected chi connectivity index (χ3v) is 2.65. The molecular weight excluding hydrogens is 242 g/mol. The van der Waals surface area contributed by atoms with Crippen LogP contribution in [0.3, 0.4) is 0 Å². The van der Waals surface area contributed by atoms with Gasteiger partial charge in [-0.3, -0.25) is 4.79 Å². The molecule has 3 nitrogen and oxygen atoms in total. The van der Waals surface area contributed by atoms with Crippen molar-refractivity contribution in [2.24, 2.45) is 0 Å². The fourth-order valence-corrected chi connectivity index (χ4v) is 1.82. The van der Waals surface area contributed by atoms with Crippen molar-refractivity contribution in [3.63, 3.8) is 0 Å². The molecule has 0 spiro atoms. The average molecular weight is 250 g/mol. The van der Waals surface area contributed by atoms with Crippen LogP contribution in [-0.2, 0) is 9.53 Å². The van der Waals surface area contributed by atoms with Gasteiger partial charge in [-0.05, 0) is 6.92 Å². The van der Waals surface area contributed by atoms with E-state index in [1.54, 1.807) is 12.4 Å². The van der Waals surface area contributed by atoms with Crippen LogP contribution in [0, 0.1) is 0 Å². The molecule has 5 heteroatoms. The van der Waals surface area contributed by atoms with E-state index in [4.69, 9.17) is 4.74 Å². The van der Waals surface area contributed by atoms with Gasteiger partial charge in [0.05, 0.1) is 17.8 Å². The molecule has 1 aromatic rings. The summed E-state index contributed by atoms with van der Waals surface area (Å²) in [5.74, 6) is -0.289. The van der Waals surface area contributed by atoms with E-state index in [9.17, 15) is 4.79 Å². The van der Waals surface area contributed by atoms with Crippen molar-refractivity contribution in [3.8, 4) is 0 Å². The molecule has 1 atom stereocenters. The van der Waals surface area contributed by atoms with Crippen molar-refractivity contribution in [2.75, 3.05) is 6.61 Å². The van der Waals surface area contributed by atoms with Crippen LogP contribution in [0.1, 0.15) is 17.4 Å². The Morgan fingerprint density at radius 3 is 3.17 bits per heavy atom. The van der Waals surface area contributed by atoms with Gasteiger partial charge in [-0.1, -0.05) is 15.9 Å². The Kier molecular flexibility index (Phi) is 3.68. The predicted octanol–water partition coefficient (Wildman–Crippen LogP) is 2.14. The van der Waals surface area contributed by atoms with Gasteiger partial charge in [0, 0.05) is 5.38 Å². The van der Waals surface area contributed by atoms with Crippen molar-refractivity contribution in [1.82, 2.24) is 4.98 Å². The first-order valence-corrected chi connectivity index (χ1v) is 5.30. The minimum absolute atomic E-state index is 0.289. The van der Waals surface area contributed by atoms with E-state index in [1.807, 2.05) is 5.38 Å². The number of carbonyl (C=O) groups is 1. The van der Waals surface area contributed by atoms with Crippen molar-refractivity contribution in [1.29, 1.82) is 0 Å². The van der Waals surface area contributed by atoms with Gasteiger partial charge in [-0.2, -0.15) is 0 Å². The summed E-state index contributed by atoms with van der Waals surface area (Å²) in [5, 5.41) is 1.82. The fourth-order valence-electron chi connectivity index (χ4n) is 0.683. The third kappa shape index (κ3) is 2.28. The number of esters is 1. The van der Waals surface area contributed by atoms with E-state index in [-0.39, 0.29) is 5.97 Å². The molecule has 0 saturated heterocycles. The highest BCUT2D eigenvalue weighted by Crippen LogP contribution is 2.23. The van der Waals surface area contributed by atoms with Crippen LogP contribution in [0.4, 0.5) is 0 Å². The maximum atomic E-state index is 11.1. The summed E-state index contributed by atoms with van der Waals surface area (Å²) in [4.78, 5) is 14.7. The lowest BCUT2D eigenvalue weighted by Crippen LogP contribution is -2.10. The lowest BCUT2D eigenvalue weighted by molar-refractivity contribution is -0.142. The SMILES string of the molecule is CCOC(=O)C(Br)c1cscn1. The van der Waals surface area contributed by atoms with Crippen molar-refractivity contribution < 1.29 is 9.53 Å². The van der Waals surface area contributed by atoms with Crippen LogP contribution in [0.25, 0.3) is 0 Å². The second-order valence-electron chi connectivity index (χ2n) is 2.03. The lowest BCUT2D eigenvalue weighted by atomic mass is 10.3. The van der Waals surface area contributed by atoms with E-state index in [2.05, 4.69) is 20.9 Å². The highest BCUT2D eigenvalue weighted by molar-refractivity contribution is 9.09. The van der Waals surface area contributed by atoms with Crippen molar-refractivity contribution in [3.05, 3.63) is 16.6 Å². The molecule has 66 valence electrons. The summed E-state index contributed by atoms with van der Waals surface area (Å²) in [6.07, 6.45) is 0. The van der Waals surface area contributed by atoms with Gasteiger partial charge in [-0.25, -0.2) is 4.98 Å². The molecule has 0 aliphatic heterocycles. The Balaban J connectivity index is 2.59. The zero-order valence-electron chi connectivity index (χ0n) is 6.49.